The standard InChI is InChI=1S/C21H22ClN5O2S/c1-2-4-18(28)24-17-6-3-5-14(11-17)12-23-19(29)13-27-20(25-26-21(27)30)15-7-9-16(22)10-8-15/h3,5-11H,2,4,12-13H2,1H3,(H,23,29)(H,24,28)(H,26,30). The number of aromatic amines is 1. The molecule has 0 saturated heterocycles. The van der Waals surface area contributed by atoms with Crippen LogP contribution in [0.4, 0.5) is 5.69 Å². The highest BCUT2D eigenvalue weighted by atomic mass is 35.5. The number of halogens is 1. The molecule has 0 aliphatic rings. The van der Waals surface area contributed by atoms with Gasteiger partial charge in [0.1, 0.15) is 6.54 Å². The van der Waals surface area contributed by atoms with Crippen LogP contribution >= 0.6 is 23.8 Å². The van der Waals surface area contributed by atoms with E-state index in [2.05, 4.69) is 20.8 Å². The molecule has 0 unspecified atom stereocenters. The number of amides is 2. The second kappa shape index (κ2) is 10.2. The first-order valence-corrected chi connectivity index (χ1v) is 10.3. The highest BCUT2D eigenvalue weighted by Gasteiger charge is 2.12. The van der Waals surface area contributed by atoms with Crippen LogP contribution in [0, 0.1) is 4.77 Å². The number of rotatable bonds is 8. The molecule has 0 bridgehead atoms. The summed E-state index contributed by atoms with van der Waals surface area (Å²) in [5.74, 6) is 0.332. The van der Waals surface area contributed by atoms with Crippen molar-refractivity contribution in [3.8, 4) is 11.4 Å². The van der Waals surface area contributed by atoms with E-state index >= 15 is 0 Å². The second-order valence-corrected chi connectivity index (χ2v) is 7.54. The number of H-pyrrole nitrogens is 1. The highest BCUT2D eigenvalue weighted by Crippen LogP contribution is 2.20. The minimum atomic E-state index is -0.205. The van der Waals surface area contributed by atoms with Gasteiger partial charge in [0.25, 0.3) is 0 Å². The van der Waals surface area contributed by atoms with Crippen LogP contribution in [0.25, 0.3) is 11.4 Å². The number of hydrogen-bond donors (Lipinski definition) is 3. The molecule has 0 spiro atoms. The van der Waals surface area contributed by atoms with E-state index in [1.165, 1.54) is 0 Å². The van der Waals surface area contributed by atoms with Gasteiger partial charge in [-0.05, 0) is 60.6 Å². The van der Waals surface area contributed by atoms with Gasteiger partial charge in [0, 0.05) is 29.2 Å². The van der Waals surface area contributed by atoms with Gasteiger partial charge in [0.05, 0.1) is 0 Å². The van der Waals surface area contributed by atoms with Gasteiger partial charge in [-0.25, -0.2) is 0 Å². The van der Waals surface area contributed by atoms with E-state index in [0.717, 1.165) is 17.5 Å². The van der Waals surface area contributed by atoms with Crippen LogP contribution in [0.2, 0.25) is 5.02 Å². The van der Waals surface area contributed by atoms with E-state index in [0.29, 0.717) is 34.3 Å². The van der Waals surface area contributed by atoms with Crippen molar-refractivity contribution >= 4 is 41.3 Å². The van der Waals surface area contributed by atoms with Crippen LogP contribution in [-0.2, 0) is 22.7 Å². The smallest absolute Gasteiger partial charge is 0.240 e. The molecule has 3 N–H and O–H groups in total. The summed E-state index contributed by atoms with van der Waals surface area (Å²) in [6.45, 7) is 2.31. The minimum Gasteiger partial charge on any atom is -0.350 e. The molecule has 2 aromatic carbocycles. The van der Waals surface area contributed by atoms with Crippen LogP contribution in [-0.4, -0.2) is 26.6 Å². The van der Waals surface area contributed by atoms with Crippen molar-refractivity contribution in [2.75, 3.05) is 5.32 Å². The highest BCUT2D eigenvalue weighted by molar-refractivity contribution is 7.71. The van der Waals surface area contributed by atoms with Crippen molar-refractivity contribution in [2.45, 2.75) is 32.9 Å². The predicted molar refractivity (Wildman–Crippen MR) is 120 cm³/mol. The number of benzene rings is 2. The predicted octanol–water partition coefficient (Wildman–Crippen LogP) is 4.32. The van der Waals surface area contributed by atoms with Crippen molar-refractivity contribution in [1.29, 1.82) is 0 Å². The molecule has 3 rings (SSSR count). The molecule has 0 aliphatic carbocycles. The largest absolute Gasteiger partial charge is 0.350 e. The number of nitrogens with one attached hydrogen (secondary N) is 3. The Morgan fingerprint density at radius 1 is 1.17 bits per heavy atom. The van der Waals surface area contributed by atoms with Crippen molar-refractivity contribution in [3.63, 3.8) is 0 Å². The van der Waals surface area contributed by atoms with Gasteiger partial charge in [-0.2, -0.15) is 5.10 Å². The van der Waals surface area contributed by atoms with Crippen molar-refractivity contribution in [3.05, 3.63) is 63.9 Å². The Morgan fingerprint density at radius 2 is 1.93 bits per heavy atom. The van der Waals surface area contributed by atoms with Crippen LogP contribution in [0.3, 0.4) is 0 Å². The normalized spacial score (nSPS) is 10.6. The number of anilines is 1. The molecule has 1 aromatic heterocycles. The van der Waals surface area contributed by atoms with Crippen molar-refractivity contribution in [1.82, 2.24) is 20.1 Å². The summed E-state index contributed by atoms with van der Waals surface area (Å²) < 4.78 is 1.99. The number of carbonyl (C=O) groups excluding carboxylic acids is 2. The molecule has 2 amide bonds. The Labute approximate surface area is 184 Å². The molecule has 0 saturated carbocycles. The maximum Gasteiger partial charge on any atom is 0.240 e. The number of hydrogen-bond acceptors (Lipinski definition) is 4. The zero-order valence-corrected chi connectivity index (χ0v) is 18.0. The molecular formula is C21H22ClN5O2S. The minimum absolute atomic E-state index is 0.0252. The van der Waals surface area contributed by atoms with E-state index in [1.54, 1.807) is 16.7 Å². The lowest BCUT2D eigenvalue weighted by Gasteiger charge is -2.10. The Hall–Kier alpha value is -2.97. The average molecular weight is 444 g/mol. The zero-order chi connectivity index (χ0) is 21.5. The van der Waals surface area contributed by atoms with Crippen LogP contribution in [0.5, 0.6) is 0 Å². The topological polar surface area (TPSA) is 91.8 Å². The van der Waals surface area contributed by atoms with E-state index in [1.807, 2.05) is 43.3 Å². The van der Waals surface area contributed by atoms with Crippen molar-refractivity contribution in [2.24, 2.45) is 0 Å². The summed E-state index contributed by atoms with van der Waals surface area (Å²) >= 11 is 11.2. The van der Waals surface area contributed by atoms with Gasteiger partial charge in [-0.3, -0.25) is 19.3 Å². The lowest BCUT2D eigenvalue weighted by molar-refractivity contribution is -0.121. The molecule has 0 radical (unpaired) electrons. The fourth-order valence-corrected chi connectivity index (χ4v) is 3.22. The summed E-state index contributed by atoms with van der Waals surface area (Å²) in [5, 5.41) is 13.3. The van der Waals surface area contributed by atoms with Gasteiger partial charge >= 0.3 is 0 Å². The molecule has 30 heavy (non-hydrogen) atoms. The van der Waals surface area contributed by atoms with Gasteiger partial charge in [0.15, 0.2) is 10.6 Å². The summed E-state index contributed by atoms with van der Waals surface area (Å²) in [4.78, 5) is 24.3. The molecule has 7 nitrogen and oxygen atoms in total. The van der Waals surface area contributed by atoms with E-state index in [4.69, 9.17) is 23.8 Å². The molecule has 1 heterocycles. The number of carbonyl (C=O) groups is 2. The lowest BCUT2D eigenvalue weighted by atomic mass is 10.2. The van der Waals surface area contributed by atoms with Crippen LogP contribution in [0.1, 0.15) is 25.3 Å². The molecule has 0 atom stereocenters. The third kappa shape index (κ3) is 5.77. The van der Waals surface area contributed by atoms with Crippen LogP contribution in [0.15, 0.2) is 48.5 Å². The van der Waals surface area contributed by atoms with Gasteiger partial charge in [-0.1, -0.05) is 30.7 Å². The zero-order valence-electron chi connectivity index (χ0n) is 16.4. The van der Waals surface area contributed by atoms with Gasteiger partial charge in [0.2, 0.25) is 11.8 Å². The molecule has 3 aromatic rings. The SMILES string of the molecule is CCCC(=O)Nc1cccc(CNC(=O)Cn2c(-c3ccc(Cl)cc3)n[nH]c2=S)c1. The van der Waals surface area contributed by atoms with Gasteiger partial charge < -0.3 is 10.6 Å². The average Bonchev–Trinajstić information content (AvgIpc) is 3.08. The molecule has 9 heteroatoms. The molecule has 156 valence electrons. The fraction of sp³-hybridized carbons (Fsp3) is 0.238. The quantitative estimate of drug-likeness (QED) is 0.452. The Bertz CT molecular complexity index is 1090. The Balaban J connectivity index is 1.63. The molecule has 0 aliphatic heterocycles. The summed E-state index contributed by atoms with van der Waals surface area (Å²) in [6, 6.07) is 14.5. The van der Waals surface area contributed by atoms with E-state index < -0.39 is 0 Å². The van der Waals surface area contributed by atoms with Gasteiger partial charge in [-0.15, -0.1) is 0 Å². The fourth-order valence-electron chi connectivity index (χ4n) is 2.89. The van der Waals surface area contributed by atoms with Crippen LogP contribution < -0.4 is 10.6 Å². The monoisotopic (exact) mass is 443 g/mol. The summed E-state index contributed by atoms with van der Waals surface area (Å²) in [7, 11) is 0. The summed E-state index contributed by atoms with van der Waals surface area (Å²) in [6.07, 6.45) is 1.26. The van der Waals surface area contributed by atoms with Crippen molar-refractivity contribution < 1.29 is 9.59 Å². The molecular weight excluding hydrogens is 422 g/mol. The summed E-state index contributed by atoms with van der Waals surface area (Å²) in [5.41, 5.74) is 2.39. The number of aromatic nitrogens is 3. The maximum absolute atomic E-state index is 12.5. The third-order valence-electron chi connectivity index (χ3n) is 4.34. The first-order chi connectivity index (χ1) is 14.5. The third-order valence-corrected chi connectivity index (χ3v) is 4.90. The second-order valence-electron chi connectivity index (χ2n) is 6.72. The van der Waals surface area contributed by atoms with E-state index in [9.17, 15) is 9.59 Å². The first-order valence-electron chi connectivity index (χ1n) is 9.53. The maximum atomic E-state index is 12.5. The Morgan fingerprint density at radius 3 is 2.67 bits per heavy atom. The Kier molecular flexibility index (Phi) is 7.37. The number of nitrogens with zero attached hydrogens (tertiary/aromatic N) is 2. The van der Waals surface area contributed by atoms with E-state index in [-0.39, 0.29) is 18.4 Å². The molecule has 0 fully saturated rings. The first kappa shape index (κ1) is 21.7. The lowest BCUT2D eigenvalue weighted by Crippen LogP contribution is -2.27.